The number of likely N-dealkylation sites (N-methyl/N-ethyl adjacent to an activating group) is 1. The molecule has 0 aliphatic heterocycles. The van der Waals surface area contributed by atoms with Gasteiger partial charge in [0.1, 0.15) is 12.4 Å². The van der Waals surface area contributed by atoms with Crippen LogP contribution in [0.1, 0.15) is 35.2 Å². The van der Waals surface area contributed by atoms with Gasteiger partial charge in [0.05, 0.1) is 8.95 Å². The van der Waals surface area contributed by atoms with E-state index in [1.165, 1.54) is 0 Å². The Morgan fingerprint density at radius 2 is 1.72 bits per heavy atom. The van der Waals surface area contributed by atoms with Crippen molar-refractivity contribution < 1.29 is 9.53 Å². The molecule has 2 aromatic carbocycles. The minimum atomic E-state index is -0.138. The molecule has 2 rings (SSSR count). The molecule has 0 aromatic heterocycles. The molecule has 1 atom stereocenters. The third kappa shape index (κ3) is 5.40. The fourth-order valence-corrected chi connectivity index (χ4v) is 4.04. The largest absolute Gasteiger partial charge is 0.490 e. The summed E-state index contributed by atoms with van der Waals surface area (Å²) in [5.41, 5.74) is 1.72. The molecule has 25 heavy (non-hydrogen) atoms. The predicted molar refractivity (Wildman–Crippen MR) is 110 cm³/mol. The van der Waals surface area contributed by atoms with E-state index in [0.717, 1.165) is 33.2 Å². The Hall–Kier alpha value is -1.17. The van der Waals surface area contributed by atoms with Crippen molar-refractivity contribution in [3.8, 4) is 5.75 Å². The van der Waals surface area contributed by atoms with E-state index in [2.05, 4.69) is 36.8 Å². The summed E-state index contributed by atoms with van der Waals surface area (Å²) >= 11 is 7.08. The van der Waals surface area contributed by atoms with Crippen LogP contribution in [0.2, 0.25) is 0 Å². The summed E-state index contributed by atoms with van der Waals surface area (Å²) in [6.45, 7) is 3.45. The van der Waals surface area contributed by atoms with Gasteiger partial charge in [-0.3, -0.25) is 4.79 Å². The summed E-state index contributed by atoms with van der Waals surface area (Å²) in [5, 5.41) is 0. The number of ketones is 1. The molecular weight excluding hydrogens is 446 g/mol. The van der Waals surface area contributed by atoms with Gasteiger partial charge in [-0.1, -0.05) is 37.3 Å². The first-order chi connectivity index (χ1) is 11.9. The zero-order chi connectivity index (χ0) is 18.4. The second kappa shape index (κ2) is 9.51. The zero-order valence-electron chi connectivity index (χ0n) is 14.8. The van der Waals surface area contributed by atoms with Crippen LogP contribution in [0.3, 0.4) is 0 Å². The van der Waals surface area contributed by atoms with Crippen LogP contribution in [0.15, 0.2) is 51.4 Å². The van der Waals surface area contributed by atoms with Crippen molar-refractivity contribution >= 4 is 37.6 Å². The number of Topliss-reactive ketones (excluding diaryl/α,β-unsaturated/α-hetero) is 1. The summed E-state index contributed by atoms with van der Waals surface area (Å²) in [5.74, 6) is 0.710. The summed E-state index contributed by atoms with van der Waals surface area (Å²) in [6, 6.07) is 13.6. The molecule has 1 unspecified atom stereocenters. The van der Waals surface area contributed by atoms with Crippen LogP contribution < -0.4 is 4.74 Å². The Morgan fingerprint density at radius 1 is 1.12 bits per heavy atom. The van der Waals surface area contributed by atoms with Crippen LogP contribution in [-0.2, 0) is 0 Å². The van der Waals surface area contributed by atoms with Crippen molar-refractivity contribution in [2.45, 2.75) is 19.3 Å². The number of hydrogen-bond donors (Lipinski definition) is 0. The highest BCUT2D eigenvalue weighted by atomic mass is 79.9. The number of halogens is 2. The van der Waals surface area contributed by atoms with E-state index in [9.17, 15) is 4.79 Å². The fraction of sp³-hybridized carbons (Fsp3) is 0.350. The van der Waals surface area contributed by atoms with Gasteiger partial charge in [-0.05, 0) is 70.1 Å². The van der Waals surface area contributed by atoms with Gasteiger partial charge >= 0.3 is 0 Å². The highest BCUT2D eigenvalue weighted by molar-refractivity contribution is 9.11. The first-order valence-corrected chi connectivity index (χ1v) is 9.88. The third-order valence-electron chi connectivity index (χ3n) is 3.99. The summed E-state index contributed by atoms with van der Waals surface area (Å²) in [7, 11) is 4.01. The Labute approximate surface area is 166 Å². The third-order valence-corrected chi connectivity index (χ3v) is 5.17. The monoisotopic (exact) mass is 467 g/mol. The highest BCUT2D eigenvalue weighted by Gasteiger charge is 2.22. The van der Waals surface area contributed by atoms with Crippen molar-refractivity contribution in [3.63, 3.8) is 0 Å². The van der Waals surface area contributed by atoms with E-state index in [4.69, 9.17) is 4.74 Å². The lowest BCUT2D eigenvalue weighted by Gasteiger charge is -2.17. The van der Waals surface area contributed by atoms with Crippen molar-refractivity contribution in [1.82, 2.24) is 4.90 Å². The molecule has 0 amide bonds. The number of benzene rings is 2. The van der Waals surface area contributed by atoms with Crippen LogP contribution in [0.5, 0.6) is 5.75 Å². The standard InChI is InChI=1S/C20H23Br2NO2/c1-4-16(14-8-6-5-7-9-14)19(24)15-12-17(21)20(18(22)13-15)25-11-10-23(2)3/h5-9,12-13,16H,4,10-11H2,1-3H3. The number of carbonyl (C=O) groups is 1. The normalized spacial score (nSPS) is 12.2. The zero-order valence-corrected chi connectivity index (χ0v) is 17.9. The molecule has 0 spiro atoms. The van der Waals surface area contributed by atoms with Crippen LogP contribution in [0.25, 0.3) is 0 Å². The van der Waals surface area contributed by atoms with E-state index < -0.39 is 0 Å². The second-order valence-electron chi connectivity index (χ2n) is 6.16. The molecule has 0 saturated heterocycles. The lowest BCUT2D eigenvalue weighted by Crippen LogP contribution is -2.19. The summed E-state index contributed by atoms with van der Waals surface area (Å²) < 4.78 is 7.41. The topological polar surface area (TPSA) is 29.5 Å². The summed E-state index contributed by atoms with van der Waals surface area (Å²) in [6.07, 6.45) is 0.763. The van der Waals surface area contributed by atoms with Gasteiger partial charge in [0.25, 0.3) is 0 Å². The first-order valence-electron chi connectivity index (χ1n) is 8.29. The number of carbonyl (C=O) groups excluding carboxylic acids is 1. The maximum Gasteiger partial charge on any atom is 0.170 e. The average Bonchev–Trinajstić information content (AvgIpc) is 2.58. The van der Waals surface area contributed by atoms with Gasteiger partial charge in [0.2, 0.25) is 0 Å². The molecule has 0 aliphatic rings. The second-order valence-corrected chi connectivity index (χ2v) is 7.87. The number of nitrogens with zero attached hydrogens (tertiary/aromatic N) is 1. The smallest absolute Gasteiger partial charge is 0.170 e. The van der Waals surface area contributed by atoms with E-state index in [-0.39, 0.29) is 11.7 Å². The molecule has 0 bridgehead atoms. The first kappa shape index (κ1) is 20.1. The molecule has 0 N–H and O–H groups in total. The van der Waals surface area contributed by atoms with E-state index in [0.29, 0.717) is 12.2 Å². The lowest BCUT2D eigenvalue weighted by molar-refractivity contribution is 0.0957. The Morgan fingerprint density at radius 3 is 2.24 bits per heavy atom. The van der Waals surface area contributed by atoms with Crippen molar-refractivity contribution in [2.24, 2.45) is 0 Å². The minimum absolute atomic E-state index is 0.120. The number of rotatable bonds is 8. The van der Waals surface area contributed by atoms with Crippen LogP contribution >= 0.6 is 31.9 Å². The van der Waals surface area contributed by atoms with Crippen molar-refractivity contribution in [2.75, 3.05) is 27.2 Å². The molecule has 0 heterocycles. The van der Waals surface area contributed by atoms with E-state index in [1.54, 1.807) is 0 Å². The molecule has 134 valence electrons. The van der Waals surface area contributed by atoms with E-state index >= 15 is 0 Å². The number of hydrogen-bond acceptors (Lipinski definition) is 3. The maximum absolute atomic E-state index is 13.0. The molecular formula is C20H23Br2NO2. The fourth-order valence-electron chi connectivity index (χ4n) is 2.63. The molecule has 0 radical (unpaired) electrons. The Kier molecular flexibility index (Phi) is 7.66. The van der Waals surface area contributed by atoms with Gasteiger partial charge in [0.15, 0.2) is 5.78 Å². The molecule has 0 fully saturated rings. The van der Waals surface area contributed by atoms with Gasteiger partial charge in [-0.15, -0.1) is 0 Å². The average molecular weight is 469 g/mol. The maximum atomic E-state index is 13.0. The Bertz CT molecular complexity index is 694. The minimum Gasteiger partial charge on any atom is -0.490 e. The molecule has 0 aliphatic carbocycles. The van der Waals surface area contributed by atoms with Crippen molar-refractivity contribution in [1.29, 1.82) is 0 Å². The highest BCUT2D eigenvalue weighted by Crippen LogP contribution is 2.36. The van der Waals surface area contributed by atoms with Gasteiger partial charge in [0, 0.05) is 18.0 Å². The van der Waals surface area contributed by atoms with Crippen LogP contribution in [0.4, 0.5) is 0 Å². The van der Waals surface area contributed by atoms with Crippen LogP contribution in [-0.4, -0.2) is 37.9 Å². The van der Waals surface area contributed by atoms with Gasteiger partial charge < -0.3 is 9.64 Å². The summed E-state index contributed by atoms with van der Waals surface area (Å²) in [4.78, 5) is 15.1. The molecule has 5 heteroatoms. The molecule has 0 saturated carbocycles. The quantitative estimate of drug-likeness (QED) is 0.477. The predicted octanol–water partition coefficient (Wildman–Crippen LogP) is 5.53. The van der Waals surface area contributed by atoms with E-state index in [1.807, 2.05) is 63.5 Å². The molecule has 3 nitrogen and oxygen atoms in total. The van der Waals surface area contributed by atoms with Crippen LogP contribution in [0, 0.1) is 0 Å². The van der Waals surface area contributed by atoms with Crippen molar-refractivity contribution in [3.05, 3.63) is 62.5 Å². The van der Waals surface area contributed by atoms with Gasteiger partial charge in [-0.25, -0.2) is 0 Å². The molecule has 2 aromatic rings. The lowest BCUT2D eigenvalue weighted by atomic mass is 9.88. The Balaban J connectivity index is 2.23. The van der Waals surface area contributed by atoms with Gasteiger partial charge in [-0.2, -0.15) is 0 Å². The SMILES string of the molecule is CCC(C(=O)c1cc(Br)c(OCCN(C)C)c(Br)c1)c1ccccc1. The number of ether oxygens (including phenoxy) is 1.